The maximum Gasteiger partial charge on any atom is 0.414 e. The Morgan fingerprint density at radius 3 is 2.63 bits per heavy atom. The average molecular weight is 261 g/mol. The number of ether oxygens (including phenoxy) is 1. The molecule has 0 aliphatic rings. The van der Waals surface area contributed by atoms with E-state index in [2.05, 4.69) is 0 Å². The van der Waals surface area contributed by atoms with Crippen LogP contribution in [0.2, 0.25) is 0 Å². The van der Waals surface area contributed by atoms with E-state index in [1.165, 1.54) is 7.11 Å². The highest BCUT2D eigenvalue weighted by Crippen LogP contribution is 2.25. The number of furan rings is 1. The fourth-order valence-electron chi connectivity index (χ4n) is 1.76. The first-order valence-electron chi connectivity index (χ1n) is 5.80. The molecule has 0 atom stereocenters. The Kier molecular flexibility index (Phi) is 3.75. The smallest absolute Gasteiger partial charge is 0.414 e. The number of carbonyl (C=O) groups is 1. The average Bonchev–Trinajstić information content (AvgIpc) is 2.86. The van der Waals surface area contributed by atoms with E-state index in [0.29, 0.717) is 0 Å². The van der Waals surface area contributed by atoms with Crippen LogP contribution in [0.4, 0.5) is 10.7 Å². The number of methoxy groups -OCH3 is 1. The molecule has 2 rings (SSSR count). The molecule has 1 aromatic heterocycles. The van der Waals surface area contributed by atoms with E-state index in [1.807, 2.05) is 31.2 Å². The van der Waals surface area contributed by atoms with Crippen molar-refractivity contribution in [3.63, 3.8) is 0 Å². The van der Waals surface area contributed by atoms with Gasteiger partial charge in [0.05, 0.1) is 13.7 Å². The van der Waals surface area contributed by atoms with Crippen molar-refractivity contribution in [1.82, 2.24) is 0 Å². The van der Waals surface area contributed by atoms with Crippen LogP contribution in [-0.2, 0) is 6.54 Å². The monoisotopic (exact) mass is 261 g/mol. The Balaban J connectivity index is 2.26. The highest BCUT2D eigenvalue weighted by atomic mass is 16.6. The zero-order valence-electron chi connectivity index (χ0n) is 10.8. The largest absolute Gasteiger partial charge is 0.468 e. The molecule has 0 saturated carbocycles. The van der Waals surface area contributed by atoms with Crippen molar-refractivity contribution in [2.24, 2.45) is 0 Å². The maximum atomic E-state index is 11.3. The quantitative estimate of drug-likeness (QED) is 0.917. The fraction of sp³-hybridized carbons (Fsp3) is 0.214. The zero-order chi connectivity index (χ0) is 13.8. The van der Waals surface area contributed by atoms with Crippen LogP contribution >= 0.6 is 0 Å². The van der Waals surface area contributed by atoms with Gasteiger partial charge in [0.1, 0.15) is 0 Å². The van der Waals surface area contributed by atoms with Gasteiger partial charge in [-0.15, -0.1) is 0 Å². The molecular weight excluding hydrogens is 246 g/mol. The molecule has 1 N–H and O–H groups in total. The summed E-state index contributed by atoms with van der Waals surface area (Å²) >= 11 is 0. The summed E-state index contributed by atoms with van der Waals surface area (Å²) in [6.45, 7) is 2.18. The Labute approximate surface area is 111 Å². The van der Waals surface area contributed by atoms with E-state index in [-0.39, 0.29) is 18.4 Å². The van der Waals surface area contributed by atoms with Gasteiger partial charge in [-0.1, -0.05) is 24.3 Å². The molecule has 1 amide bonds. The first-order valence-corrected chi connectivity index (χ1v) is 5.80. The van der Waals surface area contributed by atoms with Gasteiger partial charge in [0.2, 0.25) is 5.88 Å². The van der Waals surface area contributed by atoms with Crippen molar-refractivity contribution in [2.45, 2.75) is 13.5 Å². The SMILES string of the molecule is COc1ccc(N(Cc2ccccc2C)C(=O)O)o1. The Hall–Kier alpha value is -2.43. The van der Waals surface area contributed by atoms with Crippen molar-refractivity contribution in [1.29, 1.82) is 0 Å². The minimum atomic E-state index is -1.07. The molecule has 0 fully saturated rings. The number of benzene rings is 1. The van der Waals surface area contributed by atoms with Gasteiger partial charge in [-0.05, 0) is 18.1 Å². The van der Waals surface area contributed by atoms with Crippen molar-refractivity contribution >= 4 is 12.0 Å². The van der Waals surface area contributed by atoms with E-state index in [4.69, 9.17) is 9.15 Å². The highest BCUT2D eigenvalue weighted by molar-refractivity contribution is 5.84. The predicted molar refractivity (Wildman–Crippen MR) is 70.6 cm³/mol. The molecule has 0 spiro atoms. The van der Waals surface area contributed by atoms with Crippen LogP contribution in [-0.4, -0.2) is 18.3 Å². The standard InChI is InChI=1S/C14H15NO4/c1-10-5-3-4-6-11(10)9-15(14(16)17)12-7-8-13(18-2)19-12/h3-8H,9H2,1-2H3,(H,16,17). The van der Waals surface area contributed by atoms with Gasteiger partial charge >= 0.3 is 6.09 Å². The lowest BCUT2D eigenvalue weighted by molar-refractivity contribution is 0.199. The summed E-state index contributed by atoms with van der Waals surface area (Å²) in [5.74, 6) is 0.527. The lowest BCUT2D eigenvalue weighted by atomic mass is 10.1. The van der Waals surface area contributed by atoms with Crippen LogP contribution in [0.25, 0.3) is 0 Å². The van der Waals surface area contributed by atoms with Crippen LogP contribution in [0.3, 0.4) is 0 Å². The summed E-state index contributed by atoms with van der Waals surface area (Å²) in [4.78, 5) is 12.5. The molecule has 0 aliphatic heterocycles. The van der Waals surface area contributed by atoms with Crippen molar-refractivity contribution in [2.75, 3.05) is 12.0 Å². The molecule has 1 aromatic carbocycles. The molecule has 19 heavy (non-hydrogen) atoms. The third-order valence-electron chi connectivity index (χ3n) is 2.85. The van der Waals surface area contributed by atoms with Gasteiger partial charge in [-0.3, -0.25) is 0 Å². The number of aryl methyl sites for hydroxylation is 1. The molecule has 0 unspecified atom stereocenters. The molecule has 5 heteroatoms. The lowest BCUT2D eigenvalue weighted by Gasteiger charge is -2.17. The molecule has 100 valence electrons. The molecule has 0 radical (unpaired) electrons. The second-order valence-corrected chi connectivity index (χ2v) is 4.09. The van der Waals surface area contributed by atoms with Gasteiger partial charge < -0.3 is 14.3 Å². The number of nitrogens with zero attached hydrogens (tertiary/aromatic N) is 1. The summed E-state index contributed by atoms with van der Waals surface area (Å²) < 4.78 is 10.2. The second-order valence-electron chi connectivity index (χ2n) is 4.09. The topological polar surface area (TPSA) is 62.9 Å². The predicted octanol–water partition coefficient (Wildman–Crippen LogP) is 3.28. The van der Waals surface area contributed by atoms with Crippen molar-refractivity contribution in [3.8, 4) is 5.95 Å². The van der Waals surface area contributed by atoms with Gasteiger partial charge in [-0.25, -0.2) is 9.69 Å². The first-order chi connectivity index (χ1) is 9.11. The van der Waals surface area contributed by atoms with Crippen LogP contribution in [0.15, 0.2) is 40.8 Å². The fourth-order valence-corrected chi connectivity index (χ4v) is 1.76. The Bertz CT molecular complexity index is 576. The second kappa shape index (κ2) is 5.48. The molecule has 0 bridgehead atoms. The number of hydrogen-bond donors (Lipinski definition) is 1. The third kappa shape index (κ3) is 2.88. The lowest BCUT2D eigenvalue weighted by Crippen LogP contribution is -2.28. The number of rotatable bonds is 4. The molecule has 2 aromatic rings. The summed E-state index contributed by atoms with van der Waals surface area (Å²) in [6.07, 6.45) is -1.07. The van der Waals surface area contributed by atoms with Crippen LogP contribution in [0, 0.1) is 6.92 Å². The van der Waals surface area contributed by atoms with Crippen molar-refractivity contribution in [3.05, 3.63) is 47.5 Å². The van der Waals surface area contributed by atoms with E-state index in [9.17, 15) is 9.90 Å². The van der Waals surface area contributed by atoms with Crippen LogP contribution in [0.1, 0.15) is 11.1 Å². The molecule has 0 saturated heterocycles. The van der Waals surface area contributed by atoms with E-state index in [1.54, 1.807) is 12.1 Å². The normalized spacial score (nSPS) is 10.2. The van der Waals surface area contributed by atoms with E-state index in [0.717, 1.165) is 16.0 Å². The van der Waals surface area contributed by atoms with E-state index >= 15 is 0 Å². The highest BCUT2D eigenvalue weighted by Gasteiger charge is 2.19. The van der Waals surface area contributed by atoms with Gasteiger partial charge in [-0.2, -0.15) is 0 Å². The number of anilines is 1. The molecule has 1 heterocycles. The Morgan fingerprint density at radius 1 is 1.32 bits per heavy atom. The maximum absolute atomic E-state index is 11.3. The summed E-state index contributed by atoms with van der Waals surface area (Å²) in [6, 6.07) is 10.8. The number of hydrogen-bond acceptors (Lipinski definition) is 3. The summed E-state index contributed by atoms with van der Waals surface area (Å²) in [5.41, 5.74) is 1.97. The van der Waals surface area contributed by atoms with Crippen LogP contribution in [0.5, 0.6) is 5.95 Å². The summed E-state index contributed by atoms with van der Waals surface area (Å²) in [5, 5.41) is 9.29. The Morgan fingerprint density at radius 2 is 2.05 bits per heavy atom. The molecule has 5 nitrogen and oxygen atoms in total. The number of amides is 1. The van der Waals surface area contributed by atoms with Gasteiger partial charge in [0.25, 0.3) is 5.95 Å². The third-order valence-corrected chi connectivity index (χ3v) is 2.85. The summed E-state index contributed by atoms with van der Waals surface area (Å²) in [7, 11) is 1.47. The minimum absolute atomic E-state index is 0.235. The number of carboxylic acid groups (broad SMARTS) is 1. The zero-order valence-corrected chi connectivity index (χ0v) is 10.8. The minimum Gasteiger partial charge on any atom is -0.468 e. The van der Waals surface area contributed by atoms with Gasteiger partial charge in [0, 0.05) is 12.1 Å². The van der Waals surface area contributed by atoms with Crippen LogP contribution < -0.4 is 9.64 Å². The first kappa shape index (κ1) is 13.0. The molecular formula is C14H15NO4. The van der Waals surface area contributed by atoms with Gasteiger partial charge in [0.15, 0.2) is 0 Å². The van der Waals surface area contributed by atoms with E-state index < -0.39 is 6.09 Å². The van der Waals surface area contributed by atoms with Crippen molar-refractivity contribution < 1.29 is 19.1 Å². The molecule has 0 aliphatic carbocycles.